The van der Waals surface area contributed by atoms with E-state index in [-0.39, 0.29) is 11.9 Å². The minimum atomic E-state index is 0.0475. The van der Waals surface area contributed by atoms with Crippen molar-refractivity contribution < 1.29 is 4.79 Å². The fourth-order valence-electron chi connectivity index (χ4n) is 4.09. The number of nitrogens with two attached hydrogens (primary N) is 1. The van der Waals surface area contributed by atoms with Gasteiger partial charge in [0.2, 0.25) is 0 Å². The van der Waals surface area contributed by atoms with Crippen LogP contribution in [0, 0.1) is 5.92 Å². The third kappa shape index (κ3) is 2.72. The Morgan fingerprint density at radius 3 is 2.67 bits per heavy atom. The van der Waals surface area contributed by atoms with E-state index in [4.69, 9.17) is 5.73 Å². The monoisotopic (exact) mass is 341 g/mol. The molecule has 3 fully saturated rings. The van der Waals surface area contributed by atoms with E-state index in [1.54, 1.807) is 0 Å². The molecule has 24 heavy (non-hydrogen) atoms. The third-order valence-corrected chi connectivity index (χ3v) is 6.65. The first-order valence-corrected chi connectivity index (χ1v) is 9.45. The lowest BCUT2D eigenvalue weighted by Gasteiger charge is -2.49. The fraction of sp³-hybridized carbons (Fsp3) is 0.421. The molecule has 2 unspecified atom stereocenters. The van der Waals surface area contributed by atoms with Gasteiger partial charge >= 0.3 is 0 Å². The van der Waals surface area contributed by atoms with Gasteiger partial charge in [-0.2, -0.15) is 0 Å². The molecule has 2 aromatic rings. The molecule has 126 valence electrons. The summed E-state index contributed by atoms with van der Waals surface area (Å²) in [6.45, 7) is 4.59. The van der Waals surface area contributed by atoms with E-state index in [0.717, 1.165) is 21.0 Å². The molecule has 1 aromatic carbocycles. The van der Waals surface area contributed by atoms with Gasteiger partial charge in [-0.1, -0.05) is 18.2 Å². The zero-order valence-corrected chi connectivity index (χ0v) is 14.7. The Hall–Kier alpha value is -1.85. The molecule has 0 radical (unpaired) electrons. The van der Waals surface area contributed by atoms with E-state index in [0.29, 0.717) is 12.0 Å². The standard InChI is InChI=1S/C19H23N3OS/c1-12-18(13-8-10-22(12)11-9-13)21-19(23)17-7-6-16(24-17)14-4-2-3-5-15(14)20/h2-7,12-13,18H,8-11,20H2,1H3,(H,21,23). The van der Waals surface area contributed by atoms with E-state index in [9.17, 15) is 4.79 Å². The number of para-hydroxylation sites is 1. The normalized spacial score (nSPS) is 28.7. The van der Waals surface area contributed by atoms with Gasteiger partial charge < -0.3 is 11.1 Å². The van der Waals surface area contributed by atoms with E-state index in [1.165, 1.54) is 37.3 Å². The summed E-state index contributed by atoms with van der Waals surface area (Å²) in [5, 5.41) is 3.29. The van der Waals surface area contributed by atoms with Crippen LogP contribution in [0.4, 0.5) is 5.69 Å². The van der Waals surface area contributed by atoms with Gasteiger partial charge in [0, 0.05) is 28.2 Å². The van der Waals surface area contributed by atoms with Crippen molar-refractivity contribution in [2.75, 3.05) is 18.8 Å². The van der Waals surface area contributed by atoms with Crippen LogP contribution in [-0.4, -0.2) is 36.0 Å². The lowest BCUT2D eigenvalue weighted by atomic mass is 9.79. The number of benzene rings is 1. The molecule has 3 saturated heterocycles. The van der Waals surface area contributed by atoms with Gasteiger partial charge in [0.05, 0.1) is 4.88 Å². The van der Waals surface area contributed by atoms with Crippen LogP contribution in [0.5, 0.6) is 0 Å². The SMILES string of the molecule is CC1C(NC(=O)c2ccc(-c3ccccc3N)s2)C2CCN1CC2. The van der Waals surface area contributed by atoms with Gasteiger partial charge in [-0.25, -0.2) is 0 Å². The minimum Gasteiger partial charge on any atom is -0.398 e. The Bertz CT molecular complexity index is 747. The van der Waals surface area contributed by atoms with Crippen LogP contribution in [0.3, 0.4) is 0 Å². The maximum atomic E-state index is 12.7. The molecule has 1 aromatic heterocycles. The van der Waals surface area contributed by atoms with Crippen molar-refractivity contribution in [2.24, 2.45) is 5.92 Å². The van der Waals surface area contributed by atoms with Gasteiger partial charge in [-0.15, -0.1) is 11.3 Å². The zero-order chi connectivity index (χ0) is 16.7. The van der Waals surface area contributed by atoms with Crippen molar-refractivity contribution >= 4 is 22.9 Å². The summed E-state index contributed by atoms with van der Waals surface area (Å²) in [7, 11) is 0. The second-order valence-electron chi connectivity index (χ2n) is 6.86. The highest BCUT2D eigenvalue weighted by atomic mass is 32.1. The Balaban J connectivity index is 1.51. The van der Waals surface area contributed by atoms with Crippen LogP contribution >= 0.6 is 11.3 Å². The highest BCUT2D eigenvalue weighted by molar-refractivity contribution is 7.17. The Morgan fingerprint density at radius 1 is 1.21 bits per heavy atom. The number of carbonyl (C=O) groups excluding carboxylic acids is 1. The fourth-order valence-corrected chi connectivity index (χ4v) is 5.05. The molecular formula is C19H23N3OS. The number of nitrogens with one attached hydrogen (secondary N) is 1. The van der Waals surface area contributed by atoms with Crippen LogP contribution in [0.1, 0.15) is 29.4 Å². The predicted molar refractivity (Wildman–Crippen MR) is 99.2 cm³/mol. The number of piperidine rings is 3. The highest BCUT2D eigenvalue weighted by Gasteiger charge is 2.40. The molecule has 1 amide bonds. The van der Waals surface area contributed by atoms with Crippen molar-refractivity contribution in [1.82, 2.24) is 10.2 Å². The molecule has 5 rings (SSSR count). The molecule has 4 nitrogen and oxygen atoms in total. The molecule has 3 N–H and O–H groups in total. The first kappa shape index (κ1) is 15.7. The molecule has 0 spiro atoms. The van der Waals surface area contributed by atoms with Crippen LogP contribution in [0.2, 0.25) is 0 Å². The number of amides is 1. The van der Waals surface area contributed by atoms with E-state index in [1.807, 2.05) is 36.4 Å². The Morgan fingerprint density at radius 2 is 1.96 bits per heavy atom. The quantitative estimate of drug-likeness (QED) is 0.843. The van der Waals surface area contributed by atoms with Crippen molar-refractivity contribution in [2.45, 2.75) is 31.8 Å². The minimum absolute atomic E-state index is 0.0475. The van der Waals surface area contributed by atoms with Crippen LogP contribution in [0.25, 0.3) is 10.4 Å². The molecule has 5 heteroatoms. The second-order valence-corrected chi connectivity index (χ2v) is 7.95. The summed E-state index contributed by atoms with van der Waals surface area (Å²) in [5.41, 5.74) is 7.79. The first-order valence-electron chi connectivity index (χ1n) is 8.63. The summed E-state index contributed by atoms with van der Waals surface area (Å²) in [4.78, 5) is 17.0. The number of thiophene rings is 1. The summed E-state index contributed by atoms with van der Waals surface area (Å²) >= 11 is 1.51. The lowest BCUT2D eigenvalue weighted by Crippen LogP contribution is -2.62. The van der Waals surface area contributed by atoms with Crippen LogP contribution < -0.4 is 11.1 Å². The smallest absolute Gasteiger partial charge is 0.261 e. The number of fused-ring (bicyclic) bond motifs is 3. The van der Waals surface area contributed by atoms with E-state index < -0.39 is 0 Å². The number of rotatable bonds is 3. The average Bonchev–Trinajstić information content (AvgIpc) is 3.09. The number of hydrogen-bond donors (Lipinski definition) is 2. The van der Waals surface area contributed by atoms with Crippen molar-refractivity contribution in [3.8, 4) is 10.4 Å². The molecule has 0 saturated carbocycles. The third-order valence-electron chi connectivity index (χ3n) is 5.53. The van der Waals surface area contributed by atoms with E-state index >= 15 is 0 Å². The molecule has 2 bridgehead atoms. The van der Waals surface area contributed by atoms with Gasteiger partial charge in [0.15, 0.2) is 0 Å². The molecule has 3 aliphatic rings. The predicted octanol–water partition coefficient (Wildman–Crippen LogP) is 3.21. The first-order chi connectivity index (χ1) is 11.6. The van der Waals surface area contributed by atoms with Gasteiger partial charge in [0.1, 0.15) is 0 Å². The average molecular weight is 341 g/mol. The molecular weight excluding hydrogens is 318 g/mol. The largest absolute Gasteiger partial charge is 0.398 e. The zero-order valence-electron chi connectivity index (χ0n) is 13.9. The maximum absolute atomic E-state index is 12.7. The Kier molecular flexibility index (Phi) is 4.06. The van der Waals surface area contributed by atoms with Gasteiger partial charge in [0.25, 0.3) is 5.91 Å². The topological polar surface area (TPSA) is 58.4 Å². The summed E-state index contributed by atoms with van der Waals surface area (Å²) in [6.07, 6.45) is 2.40. The lowest BCUT2D eigenvalue weighted by molar-refractivity contribution is 0.0218. The van der Waals surface area contributed by atoms with Gasteiger partial charge in [-0.3, -0.25) is 9.69 Å². The summed E-state index contributed by atoms with van der Waals surface area (Å²) < 4.78 is 0. The molecule has 0 aliphatic carbocycles. The van der Waals surface area contributed by atoms with Crippen LogP contribution in [0.15, 0.2) is 36.4 Å². The summed E-state index contributed by atoms with van der Waals surface area (Å²) in [5.74, 6) is 0.671. The van der Waals surface area contributed by atoms with Crippen molar-refractivity contribution in [3.63, 3.8) is 0 Å². The number of hydrogen-bond acceptors (Lipinski definition) is 4. The number of anilines is 1. The number of carbonyl (C=O) groups is 1. The molecule has 2 atom stereocenters. The second kappa shape index (κ2) is 6.22. The van der Waals surface area contributed by atoms with Crippen molar-refractivity contribution in [3.05, 3.63) is 41.3 Å². The van der Waals surface area contributed by atoms with Gasteiger partial charge in [-0.05, 0) is 57.0 Å². The summed E-state index contributed by atoms with van der Waals surface area (Å²) in [6, 6.07) is 12.4. The van der Waals surface area contributed by atoms with Crippen molar-refractivity contribution in [1.29, 1.82) is 0 Å². The van der Waals surface area contributed by atoms with Crippen LogP contribution in [-0.2, 0) is 0 Å². The number of nitrogens with zero attached hydrogens (tertiary/aromatic N) is 1. The maximum Gasteiger partial charge on any atom is 0.261 e. The molecule has 4 heterocycles. The number of nitrogen functional groups attached to an aromatic ring is 1. The Labute approximate surface area is 146 Å². The molecule has 3 aliphatic heterocycles. The van der Waals surface area contributed by atoms with E-state index in [2.05, 4.69) is 17.1 Å². The highest BCUT2D eigenvalue weighted by Crippen LogP contribution is 2.34.